The molecule has 26 heavy (non-hydrogen) atoms. The number of nitrogens with one attached hydrogen (secondary N) is 1. The van der Waals surface area contributed by atoms with Crippen molar-refractivity contribution in [1.29, 1.82) is 0 Å². The van der Waals surface area contributed by atoms with E-state index in [0.29, 0.717) is 16.7 Å². The highest BCUT2D eigenvalue weighted by Crippen LogP contribution is 2.29. The molecule has 2 aromatic carbocycles. The lowest BCUT2D eigenvalue weighted by molar-refractivity contribution is -0.137. The standard InChI is InChI=1S/C18H18F3NO3S/c1-12(14-7-9-16(10-8-14)18(19,20)21)22-17(23)15-5-3-13(4-6-15)11-26(2,24)25/h3-10,12H,11H2,1-2H3,(H,22,23). The number of rotatable bonds is 5. The predicted molar refractivity (Wildman–Crippen MR) is 92.3 cm³/mol. The van der Waals surface area contributed by atoms with E-state index in [1.54, 1.807) is 19.1 Å². The average Bonchev–Trinajstić information content (AvgIpc) is 2.53. The topological polar surface area (TPSA) is 63.2 Å². The van der Waals surface area contributed by atoms with Crippen molar-refractivity contribution in [2.24, 2.45) is 0 Å². The molecular formula is C18H18F3NO3S. The number of benzene rings is 2. The minimum atomic E-state index is -4.40. The maximum Gasteiger partial charge on any atom is 0.416 e. The van der Waals surface area contributed by atoms with Gasteiger partial charge in [0, 0.05) is 11.8 Å². The third kappa shape index (κ3) is 5.59. The Morgan fingerprint density at radius 1 is 1.04 bits per heavy atom. The number of carbonyl (C=O) groups excluding carboxylic acids is 1. The molecule has 1 N–H and O–H groups in total. The molecule has 0 heterocycles. The Bertz CT molecular complexity index is 873. The summed E-state index contributed by atoms with van der Waals surface area (Å²) in [6.07, 6.45) is -3.28. The first-order valence-electron chi connectivity index (χ1n) is 7.70. The van der Waals surface area contributed by atoms with Gasteiger partial charge in [0.2, 0.25) is 0 Å². The summed E-state index contributed by atoms with van der Waals surface area (Å²) in [4.78, 5) is 12.2. The first-order valence-corrected chi connectivity index (χ1v) is 9.76. The fourth-order valence-electron chi connectivity index (χ4n) is 2.38. The van der Waals surface area contributed by atoms with E-state index >= 15 is 0 Å². The first-order chi connectivity index (χ1) is 12.0. The number of carbonyl (C=O) groups is 1. The molecule has 0 aliphatic carbocycles. The van der Waals surface area contributed by atoms with Crippen LogP contribution in [-0.2, 0) is 21.8 Å². The van der Waals surface area contributed by atoms with Gasteiger partial charge in [-0.1, -0.05) is 24.3 Å². The monoisotopic (exact) mass is 385 g/mol. The van der Waals surface area contributed by atoms with Crippen molar-refractivity contribution in [3.8, 4) is 0 Å². The van der Waals surface area contributed by atoms with Crippen molar-refractivity contribution >= 4 is 15.7 Å². The predicted octanol–water partition coefficient (Wildman–Crippen LogP) is 3.74. The SMILES string of the molecule is CC(NC(=O)c1ccc(CS(C)(=O)=O)cc1)c1ccc(C(F)(F)F)cc1. The molecule has 8 heteroatoms. The Hall–Kier alpha value is -2.35. The van der Waals surface area contributed by atoms with Crippen LogP contribution >= 0.6 is 0 Å². The van der Waals surface area contributed by atoms with Crippen LogP contribution in [0.3, 0.4) is 0 Å². The molecule has 4 nitrogen and oxygen atoms in total. The van der Waals surface area contributed by atoms with Crippen molar-refractivity contribution in [3.63, 3.8) is 0 Å². The number of hydrogen-bond donors (Lipinski definition) is 1. The van der Waals surface area contributed by atoms with Gasteiger partial charge in [0.15, 0.2) is 9.84 Å². The lowest BCUT2D eigenvalue weighted by Crippen LogP contribution is -2.26. The van der Waals surface area contributed by atoms with Crippen LogP contribution in [0.2, 0.25) is 0 Å². The van der Waals surface area contributed by atoms with Gasteiger partial charge in [-0.15, -0.1) is 0 Å². The van der Waals surface area contributed by atoms with Gasteiger partial charge in [-0.2, -0.15) is 13.2 Å². The lowest BCUT2D eigenvalue weighted by Gasteiger charge is -2.15. The highest BCUT2D eigenvalue weighted by molar-refractivity contribution is 7.89. The summed E-state index contributed by atoms with van der Waals surface area (Å²) in [5, 5.41) is 2.70. The van der Waals surface area contributed by atoms with Gasteiger partial charge in [-0.25, -0.2) is 8.42 Å². The number of halogens is 3. The normalized spacial score (nSPS) is 13.3. The molecule has 0 spiro atoms. The molecule has 2 aromatic rings. The van der Waals surface area contributed by atoms with Crippen LogP contribution in [0.15, 0.2) is 48.5 Å². The molecule has 0 aliphatic heterocycles. The van der Waals surface area contributed by atoms with Gasteiger partial charge in [0.25, 0.3) is 5.91 Å². The van der Waals surface area contributed by atoms with E-state index < -0.39 is 33.5 Å². The summed E-state index contributed by atoms with van der Waals surface area (Å²) in [6, 6.07) is 10.2. The molecule has 1 unspecified atom stereocenters. The molecule has 1 atom stereocenters. The number of alkyl halides is 3. The minimum Gasteiger partial charge on any atom is -0.346 e. The van der Waals surface area contributed by atoms with Gasteiger partial charge in [-0.3, -0.25) is 4.79 Å². The summed E-state index contributed by atoms with van der Waals surface area (Å²) >= 11 is 0. The van der Waals surface area contributed by atoms with Gasteiger partial charge in [0.1, 0.15) is 0 Å². The van der Waals surface area contributed by atoms with Gasteiger partial charge in [-0.05, 0) is 42.3 Å². The summed E-state index contributed by atoms with van der Waals surface area (Å²) in [5.74, 6) is -0.514. The second-order valence-corrected chi connectivity index (χ2v) is 8.22. The van der Waals surface area contributed by atoms with Crippen LogP contribution in [0.4, 0.5) is 13.2 Å². The summed E-state index contributed by atoms with van der Waals surface area (Å²) in [5.41, 5.74) is 0.696. The van der Waals surface area contributed by atoms with E-state index in [9.17, 15) is 26.4 Å². The molecule has 0 fully saturated rings. The Balaban J connectivity index is 2.04. The molecule has 0 saturated heterocycles. The number of hydrogen-bond acceptors (Lipinski definition) is 3. The maximum absolute atomic E-state index is 12.6. The molecule has 140 valence electrons. The Labute approximate surface area is 150 Å². The smallest absolute Gasteiger partial charge is 0.346 e. The second-order valence-electron chi connectivity index (χ2n) is 6.08. The fourth-order valence-corrected chi connectivity index (χ4v) is 3.18. The number of amides is 1. The summed E-state index contributed by atoms with van der Waals surface area (Å²) < 4.78 is 60.3. The van der Waals surface area contributed by atoms with Crippen molar-refractivity contribution in [2.75, 3.05) is 6.26 Å². The van der Waals surface area contributed by atoms with E-state index in [4.69, 9.17) is 0 Å². The summed E-state index contributed by atoms with van der Waals surface area (Å²) in [6.45, 7) is 1.67. The third-order valence-electron chi connectivity index (χ3n) is 3.73. The molecule has 2 rings (SSSR count). The van der Waals surface area contributed by atoms with E-state index in [1.165, 1.54) is 24.3 Å². The molecular weight excluding hydrogens is 367 g/mol. The largest absolute Gasteiger partial charge is 0.416 e. The van der Waals surface area contributed by atoms with Crippen molar-refractivity contribution in [3.05, 3.63) is 70.8 Å². The highest BCUT2D eigenvalue weighted by Gasteiger charge is 2.30. The number of sulfone groups is 1. The van der Waals surface area contributed by atoms with Crippen LogP contribution in [0.5, 0.6) is 0 Å². The summed E-state index contributed by atoms with van der Waals surface area (Å²) in [7, 11) is -3.16. The second kappa shape index (κ2) is 7.49. The zero-order valence-electron chi connectivity index (χ0n) is 14.2. The zero-order chi connectivity index (χ0) is 19.5. The third-order valence-corrected chi connectivity index (χ3v) is 4.59. The van der Waals surface area contributed by atoms with Crippen LogP contribution in [-0.4, -0.2) is 20.6 Å². The first kappa shape index (κ1) is 20.0. The van der Waals surface area contributed by atoms with Crippen LogP contribution in [0.1, 0.15) is 40.0 Å². The molecule has 0 saturated carbocycles. The van der Waals surface area contributed by atoms with Crippen molar-refractivity contribution in [1.82, 2.24) is 5.32 Å². The lowest BCUT2D eigenvalue weighted by atomic mass is 10.0. The van der Waals surface area contributed by atoms with Crippen molar-refractivity contribution < 1.29 is 26.4 Å². The van der Waals surface area contributed by atoms with E-state index in [0.717, 1.165) is 18.4 Å². The molecule has 0 aromatic heterocycles. The van der Waals surface area contributed by atoms with Gasteiger partial charge in [0.05, 0.1) is 17.4 Å². The van der Waals surface area contributed by atoms with Crippen LogP contribution in [0, 0.1) is 0 Å². The van der Waals surface area contributed by atoms with Crippen LogP contribution in [0.25, 0.3) is 0 Å². The Morgan fingerprint density at radius 3 is 2.04 bits per heavy atom. The van der Waals surface area contributed by atoms with Gasteiger partial charge < -0.3 is 5.32 Å². The van der Waals surface area contributed by atoms with Gasteiger partial charge >= 0.3 is 6.18 Å². The van der Waals surface area contributed by atoms with E-state index in [-0.39, 0.29) is 5.75 Å². The molecule has 0 bridgehead atoms. The Kier molecular flexibility index (Phi) is 5.75. The minimum absolute atomic E-state index is 0.114. The zero-order valence-corrected chi connectivity index (χ0v) is 15.0. The fraction of sp³-hybridized carbons (Fsp3) is 0.278. The van der Waals surface area contributed by atoms with E-state index in [1.807, 2.05) is 0 Å². The highest BCUT2D eigenvalue weighted by atomic mass is 32.2. The van der Waals surface area contributed by atoms with Crippen molar-refractivity contribution in [2.45, 2.75) is 24.9 Å². The quantitative estimate of drug-likeness (QED) is 0.853. The molecule has 0 radical (unpaired) electrons. The molecule has 0 aliphatic rings. The Morgan fingerprint density at radius 2 is 1.58 bits per heavy atom. The maximum atomic E-state index is 12.6. The average molecular weight is 385 g/mol. The van der Waals surface area contributed by atoms with Crippen LogP contribution < -0.4 is 5.32 Å². The molecule has 1 amide bonds. The van der Waals surface area contributed by atoms with E-state index in [2.05, 4.69) is 5.32 Å².